The van der Waals surface area contributed by atoms with Gasteiger partial charge in [0.15, 0.2) is 11.5 Å². The number of rotatable bonds is 6. The largest absolute Gasteiger partial charge is 0.436 e. The highest BCUT2D eigenvalue weighted by molar-refractivity contribution is 9.10. The van der Waals surface area contributed by atoms with Crippen LogP contribution >= 0.6 is 39.1 Å². The second kappa shape index (κ2) is 8.99. The van der Waals surface area contributed by atoms with E-state index in [1.807, 2.05) is 0 Å². The highest BCUT2D eigenvalue weighted by Crippen LogP contribution is 2.35. The molecule has 12 heteroatoms. The number of carbonyl (C=O) groups excluding carboxylic acids is 1. The zero-order chi connectivity index (χ0) is 22.1. The smallest absolute Gasteiger partial charge is 0.309 e. The number of hydrogen-bond donors (Lipinski definition) is 1. The lowest BCUT2D eigenvalue weighted by Crippen LogP contribution is -2.16. The molecule has 2 heterocycles. The maximum atomic E-state index is 12.9. The van der Waals surface area contributed by atoms with Gasteiger partial charge >= 0.3 is 6.18 Å². The van der Waals surface area contributed by atoms with Crippen molar-refractivity contribution in [3.05, 3.63) is 61.9 Å². The summed E-state index contributed by atoms with van der Waals surface area (Å²) in [7, 11) is 0. The molecule has 0 atom stereocenters. The summed E-state index contributed by atoms with van der Waals surface area (Å²) in [6.45, 7) is 1.79. The summed E-state index contributed by atoms with van der Waals surface area (Å²) in [5, 5.41) is 11.4. The third kappa shape index (κ3) is 5.16. The van der Waals surface area contributed by atoms with Gasteiger partial charge in [-0.25, -0.2) is 0 Å². The first kappa shape index (κ1) is 22.6. The van der Waals surface area contributed by atoms with E-state index in [1.165, 1.54) is 6.92 Å². The molecule has 3 aromatic rings. The van der Waals surface area contributed by atoms with Crippen LogP contribution in [0.25, 0.3) is 0 Å². The van der Waals surface area contributed by atoms with E-state index < -0.39 is 17.8 Å². The van der Waals surface area contributed by atoms with Crippen molar-refractivity contribution in [3.63, 3.8) is 0 Å². The lowest BCUT2D eigenvalue weighted by molar-refractivity contribution is -0.142. The Morgan fingerprint density at radius 2 is 1.87 bits per heavy atom. The maximum Gasteiger partial charge on any atom is 0.436 e. The fourth-order valence-electron chi connectivity index (χ4n) is 2.70. The third-order valence-corrected chi connectivity index (χ3v) is 5.90. The molecule has 0 aliphatic heterocycles. The first-order valence-electron chi connectivity index (χ1n) is 8.62. The van der Waals surface area contributed by atoms with E-state index in [0.29, 0.717) is 28.0 Å². The van der Waals surface area contributed by atoms with Gasteiger partial charge in [-0.15, -0.1) is 0 Å². The van der Waals surface area contributed by atoms with Crippen molar-refractivity contribution in [1.29, 1.82) is 0 Å². The van der Waals surface area contributed by atoms with E-state index in [9.17, 15) is 18.0 Å². The van der Waals surface area contributed by atoms with Crippen LogP contribution in [-0.4, -0.2) is 25.5 Å². The van der Waals surface area contributed by atoms with Crippen LogP contribution in [-0.2, 0) is 24.1 Å². The standard InChI is InChI=1S/C18H15BrCl2F3N5O/c1-10-16(19)17(18(22,23)24)27-29(10)8-6-15(30)25-14-5-7-28(26-14)9-11-12(20)3-2-4-13(11)21/h2-5,7H,6,8-9H2,1H3,(H,25,26,30). The fourth-order valence-corrected chi connectivity index (χ4v) is 3.72. The predicted molar refractivity (Wildman–Crippen MR) is 111 cm³/mol. The number of amides is 1. The number of aryl methyl sites for hydroxylation is 1. The highest BCUT2D eigenvalue weighted by atomic mass is 79.9. The Morgan fingerprint density at radius 1 is 1.20 bits per heavy atom. The number of alkyl halides is 3. The normalized spacial score (nSPS) is 11.7. The summed E-state index contributed by atoms with van der Waals surface area (Å²) in [6.07, 6.45) is -3.00. The Labute approximate surface area is 188 Å². The number of hydrogen-bond acceptors (Lipinski definition) is 3. The molecule has 0 radical (unpaired) electrons. The molecule has 0 unspecified atom stereocenters. The molecule has 0 saturated carbocycles. The Hall–Kier alpha value is -2.04. The third-order valence-electron chi connectivity index (χ3n) is 4.24. The van der Waals surface area contributed by atoms with Crippen LogP contribution in [0, 0.1) is 6.92 Å². The van der Waals surface area contributed by atoms with Crippen LogP contribution in [0.5, 0.6) is 0 Å². The maximum absolute atomic E-state index is 12.9. The highest BCUT2D eigenvalue weighted by Gasteiger charge is 2.37. The number of nitrogens with zero attached hydrogens (tertiary/aromatic N) is 4. The van der Waals surface area contributed by atoms with E-state index >= 15 is 0 Å². The molecule has 3 rings (SSSR count). The Morgan fingerprint density at radius 3 is 2.47 bits per heavy atom. The molecule has 6 nitrogen and oxygen atoms in total. The molecule has 0 aliphatic rings. The van der Waals surface area contributed by atoms with Crippen molar-refractivity contribution in [3.8, 4) is 0 Å². The van der Waals surface area contributed by atoms with E-state index in [2.05, 4.69) is 31.4 Å². The van der Waals surface area contributed by atoms with Gasteiger partial charge < -0.3 is 5.32 Å². The second-order valence-corrected chi connectivity index (χ2v) is 7.97. The van der Waals surface area contributed by atoms with Crippen LogP contribution in [0.4, 0.5) is 19.0 Å². The lowest BCUT2D eigenvalue weighted by Gasteiger charge is -2.07. The predicted octanol–water partition coefficient (Wildman–Crippen LogP) is 5.55. The molecule has 0 fully saturated rings. The van der Waals surface area contributed by atoms with Gasteiger partial charge in [0.05, 0.1) is 23.3 Å². The minimum Gasteiger partial charge on any atom is -0.309 e. The van der Waals surface area contributed by atoms with E-state index in [4.69, 9.17) is 23.2 Å². The van der Waals surface area contributed by atoms with E-state index in [1.54, 1.807) is 35.1 Å². The first-order valence-corrected chi connectivity index (χ1v) is 10.2. The molecule has 0 bridgehead atoms. The fraction of sp³-hybridized carbons (Fsp3) is 0.278. The molecule has 1 aromatic carbocycles. The van der Waals surface area contributed by atoms with Crippen molar-refractivity contribution in [2.45, 2.75) is 32.6 Å². The van der Waals surface area contributed by atoms with Gasteiger partial charge in [0.1, 0.15) is 0 Å². The van der Waals surface area contributed by atoms with Crippen molar-refractivity contribution < 1.29 is 18.0 Å². The molecule has 1 amide bonds. The zero-order valence-electron chi connectivity index (χ0n) is 15.5. The quantitative estimate of drug-likeness (QED) is 0.459. The first-order chi connectivity index (χ1) is 14.1. The molecule has 0 spiro atoms. The van der Waals surface area contributed by atoms with Crippen molar-refractivity contribution in [1.82, 2.24) is 19.6 Å². The Kier molecular flexibility index (Phi) is 6.78. The Bertz CT molecular complexity index is 1060. The van der Waals surface area contributed by atoms with Crippen molar-refractivity contribution in [2.75, 3.05) is 5.32 Å². The topological polar surface area (TPSA) is 64.7 Å². The van der Waals surface area contributed by atoms with Crippen LogP contribution < -0.4 is 5.32 Å². The summed E-state index contributed by atoms with van der Waals surface area (Å²) in [5.74, 6) is -0.104. The van der Waals surface area contributed by atoms with Crippen LogP contribution in [0.15, 0.2) is 34.9 Å². The van der Waals surface area contributed by atoms with Crippen molar-refractivity contribution in [2.24, 2.45) is 0 Å². The molecular formula is C18H15BrCl2F3N5O. The van der Waals surface area contributed by atoms with Gasteiger partial charge in [-0.05, 0) is 35.0 Å². The average molecular weight is 525 g/mol. The van der Waals surface area contributed by atoms with E-state index in [0.717, 1.165) is 4.68 Å². The number of nitrogens with one attached hydrogen (secondary N) is 1. The number of carbonyl (C=O) groups is 1. The van der Waals surface area contributed by atoms with Crippen LogP contribution in [0.1, 0.15) is 23.4 Å². The van der Waals surface area contributed by atoms with Gasteiger partial charge in [-0.2, -0.15) is 23.4 Å². The minimum atomic E-state index is -4.57. The number of benzene rings is 1. The summed E-state index contributed by atoms with van der Waals surface area (Å²) in [5.41, 5.74) is -0.0320. The second-order valence-electron chi connectivity index (χ2n) is 6.37. The van der Waals surface area contributed by atoms with Gasteiger partial charge in [0.25, 0.3) is 0 Å². The van der Waals surface area contributed by atoms with Crippen molar-refractivity contribution >= 4 is 50.9 Å². The number of halogens is 6. The van der Waals surface area contributed by atoms with E-state index in [-0.39, 0.29) is 23.1 Å². The molecule has 30 heavy (non-hydrogen) atoms. The van der Waals surface area contributed by atoms with Gasteiger partial charge in [0.2, 0.25) is 5.91 Å². The lowest BCUT2D eigenvalue weighted by atomic mass is 10.2. The number of anilines is 1. The summed E-state index contributed by atoms with van der Waals surface area (Å²) in [4.78, 5) is 12.2. The molecular weight excluding hydrogens is 510 g/mol. The Balaban J connectivity index is 1.60. The number of aromatic nitrogens is 4. The van der Waals surface area contributed by atoms with Crippen LogP contribution in [0.2, 0.25) is 10.0 Å². The SMILES string of the molecule is Cc1c(Br)c(C(F)(F)F)nn1CCC(=O)Nc1ccn(Cc2c(Cl)cccc2Cl)n1. The monoisotopic (exact) mass is 523 g/mol. The molecule has 1 N–H and O–H groups in total. The van der Waals surface area contributed by atoms with Crippen LogP contribution in [0.3, 0.4) is 0 Å². The molecule has 2 aromatic heterocycles. The zero-order valence-corrected chi connectivity index (χ0v) is 18.6. The minimum absolute atomic E-state index is 0.0116. The molecule has 0 saturated heterocycles. The van der Waals surface area contributed by atoms with Gasteiger partial charge in [-0.1, -0.05) is 29.3 Å². The van der Waals surface area contributed by atoms with Gasteiger partial charge in [-0.3, -0.25) is 14.2 Å². The summed E-state index contributed by atoms with van der Waals surface area (Å²) >= 11 is 15.2. The molecule has 160 valence electrons. The summed E-state index contributed by atoms with van der Waals surface area (Å²) in [6, 6.07) is 6.77. The summed E-state index contributed by atoms with van der Waals surface area (Å²) < 4.78 is 41.3. The average Bonchev–Trinajstić information content (AvgIpc) is 3.21. The molecule has 0 aliphatic carbocycles. The van der Waals surface area contributed by atoms with Gasteiger partial charge in [0, 0.05) is 34.3 Å².